The summed E-state index contributed by atoms with van der Waals surface area (Å²) in [6.07, 6.45) is 1.77. The van der Waals surface area contributed by atoms with Crippen molar-refractivity contribution in [3.63, 3.8) is 0 Å². The summed E-state index contributed by atoms with van der Waals surface area (Å²) in [4.78, 5) is 13.0. The lowest BCUT2D eigenvalue weighted by molar-refractivity contribution is 0.414. The van der Waals surface area contributed by atoms with E-state index in [1.54, 1.807) is 37.5 Å². The first-order valence-electron chi connectivity index (χ1n) is 8.06. The van der Waals surface area contributed by atoms with Crippen LogP contribution in [0.1, 0.15) is 11.1 Å². The monoisotopic (exact) mass is 373 g/mol. The lowest BCUT2D eigenvalue weighted by Gasteiger charge is -2.04. The molecule has 5 nitrogen and oxygen atoms in total. The molecule has 0 radical (unpaired) electrons. The van der Waals surface area contributed by atoms with Crippen molar-refractivity contribution in [2.75, 3.05) is 7.11 Å². The molecule has 0 atom stereocenters. The fraction of sp³-hybridized carbons (Fsp3) is 0.0952. The normalized spacial score (nSPS) is 10.9. The van der Waals surface area contributed by atoms with E-state index in [1.165, 1.54) is 4.57 Å². The van der Waals surface area contributed by atoms with Crippen LogP contribution >= 0.6 is 11.3 Å². The number of nitriles is 2. The number of hydrogen-bond acceptors (Lipinski definition) is 5. The van der Waals surface area contributed by atoms with Crippen molar-refractivity contribution in [1.29, 1.82) is 10.5 Å². The van der Waals surface area contributed by atoms with Crippen LogP contribution in [0.25, 0.3) is 17.3 Å². The molecule has 0 N–H and O–H groups in total. The number of aryl methyl sites for hydroxylation is 1. The van der Waals surface area contributed by atoms with Crippen molar-refractivity contribution in [3.05, 3.63) is 79.2 Å². The van der Waals surface area contributed by atoms with Crippen LogP contribution in [0.2, 0.25) is 0 Å². The number of methoxy groups -OCH3 is 1. The molecular formula is C21H15N3O2S. The third-order valence-corrected chi connectivity index (χ3v) is 5.06. The molecule has 0 aliphatic heterocycles. The molecule has 0 amide bonds. The van der Waals surface area contributed by atoms with Crippen LogP contribution in [0, 0.1) is 29.6 Å². The van der Waals surface area contributed by atoms with Crippen molar-refractivity contribution in [2.45, 2.75) is 6.92 Å². The van der Waals surface area contributed by atoms with Gasteiger partial charge in [-0.15, -0.1) is 11.3 Å². The average molecular weight is 373 g/mol. The van der Waals surface area contributed by atoms with Gasteiger partial charge in [0.05, 0.1) is 17.3 Å². The Morgan fingerprint density at radius 3 is 2.26 bits per heavy atom. The Morgan fingerprint density at radius 2 is 1.70 bits per heavy atom. The van der Waals surface area contributed by atoms with Gasteiger partial charge in [0, 0.05) is 0 Å². The second-order valence-electron chi connectivity index (χ2n) is 5.76. The molecule has 0 spiro atoms. The van der Waals surface area contributed by atoms with Gasteiger partial charge in [-0.25, -0.2) is 0 Å². The van der Waals surface area contributed by atoms with Gasteiger partial charge in [0.2, 0.25) is 0 Å². The number of benzene rings is 2. The van der Waals surface area contributed by atoms with E-state index in [1.807, 2.05) is 43.3 Å². The standard InChI is InChI=1S/C21H15N3O2S/c1-14-3-5-15(6-4-14)11-19-20(25)24(21(27-19)16(12-22)13-23)17-7-9-18(26-2)10-8-17/h3-11H,1-2H3/b19-11+. The Labute approximate surface area is 159 Å². The molecule has 3 aromatic rings. The SMILES string of the molecule is COc1ccc(-n2c(=C(C#N)C#N)s/c(=C/c3ccc(C)cc3)c2=O)cc1. The topological polar surface area (TPSA) is 78.8 Å². The molecule has 1 heterocycles. The highest BCUT2D eigenvalue weighted by molar-refractivity contribution is 7.07. The highest BCUT2D eigenvalue weighted by atomic mass is 32.1. The summed E-state index contributed by atoms with van der Waals surface area (Å²) >= 11 is 1.13. The average Bonchev–Trinajstić information content (AvgIpc) is 3.01. The molecule has 2 aromatic carbocycles. The maximum absolute atomic E-state index is 13.0. The molecule has 0 unspecified atom stereocenters. The summed E-state index contributed by atoms with van der Waals surface area (Å²) in [5.74, 6) is 0.653. The van der Waals surface area contributed by atoms with E-state index in [-0.39, 0.29) is 11.1 Å². The van der Waals surface area contributed by atoms with Crippen molar-refractivity contribution in [1.82, 2.24) is 4.57 Å². The second kappa shape index (κ2) is 7.74. The minimum absolute atomic E-state index is 0.100. The van der Waals surface area contributed by atoms with Crippen LogP contribution in [0.3, 0.4) is 0 Å². The number of aromatic nitrogens is 1. The van der Waals surface area contributed by atoms with Crippen molar-refractivity contribution < 1.29 is 4.74 Å². The fourth-order valence-corrected chi connectivity index (χ4v) is 3.61. The third kappa shape index (κ3) is 3.67. The van der Waals surface area contributed by atoms with Gasteiger partial charge in [0.15, 0.2) is 5.57 Å². The van der Waals surface area contributed by atoms with Crippen LogP contribution in [0.15, 0.2) is 53.3 Å². The van der Waals surface area contributed by atoms with Gasteiger partial charge in [-0.1, -0.05) is 29.8 Å². The molecule has 0 saturated carbocycles. The molecule has 3 rings (SSSR count). The van der Waals surface area contributed by atoms with Crippen LogP contribution in [0.5, 0.6) is 5.75 Å². The molecule has 0 fully saturated rings. The van der Waals surface area contributed by atoms with E-state index in [0.717, 1.165) is 22.5 Å². The van der Waals surface area contributed by atoms with Crippen molar-refractivity contribution in [2.24, 2.45) is 0 Å². The van der Waals surface area contributed by atoms with Crippen LogP contribution < -0.4 is 19.5 Å². The maximum atomic E-state index is 13.0. The molecule has 27 heavy (non-hydrogen) atoms. The van der Waals surface area contributed by atoms with Crippen LogP contribution in [-0.2, 0) is 0 Å². The number of thiazole rings is 1. The summed E-state index contributed by atoms with van der Waals surface area (Å²) < 4.78 is 7.31. The Balaban J connectivity index is 2.32. The van der Waals surface area contributed by atoms with E-state index in [2.05, 4.69) is 0 Å². The lowest BCUT2D eigenvalue weighted by atomic mass is 10.1. The third-order valence-electron chi connectivity index (χ3n) is 3.97. The lowest BCUT2D eigenvalue weighted by Crippen LogP contribution is -2.30. The second-order valence-corrected chi connectivity index (χ2v) is 6.79. The van der Waals surface area contributed by atoms with E-state index < -0.39 is 0 Å². The van der Waals surface area contributed by atoms with Gasteiger partial charge in [0.1, 0.15) is 22.6 Å². The largest absolute Gasteiger partial charge is 0.497 e. The Hall–Kier alpha value is -3.61. The highest BCUT2D eigenvalue weighted by Gasteiger charge is 2.11. The quantitative estimate of drug-likeness (QED) is 0.705. The molecule has 0 aliphatic rings. The number of nitrogens with zero attached hydrogens (tertiary/aromatic N) is 3. The van der Waals surface area contributed by atoms with E-state index >= 15 is 0 Å². The molecular weight excluding hydrogens is 358 g/mol. The summed E-state index contributed by atoms with van der Waals surface area (Å²) in [6.45, 7) is 1.99. The zero-order valence-corrected chi connectivity index (χ0v) is 15.6. The van der Waals surface area contributed by atoms with E-state index in [0.29, 0.717) is 20.6 Å². The highest BCUT2D eigenvalue weighted by Crippen LogP contribution is 2.13. The first-order chi connectivity index (χ1) is 13.1. The van der Waals surface area contributed by atoms with E-state index in [4.69, 9.17) is 4.74 Å². The molecule has 0 bridgehead atoms. The first kappa shape index (κ1) is 18.2. The number of rotatable bonds is 3. The summed E-state index contributed by atoms with van der Waals surface area (Å²) in [6, 6.07) is 18.4. The van der Waals surface area contributed by atoms with Crippen LogP contribution in [-0.4, -0.2) is 11.7 Å². The number of hydrogen-bond donors (Lipinski definition) is 0. The molecule has 0 saturated heterocycles. The van der Waals surface area contributed by atoms with Gasteiger partial charge in [-0.05, 0) is 42.8 Å². The van der Waals surface area contributed by atoms with Crippen LogP contribution in [0.4, 0.5) is 0 Å². The molecule has 0 aliphatic carbocycles. The molecule has 132 valence electrons. The Kier molecular flexibility index (Phi) is 5.21. The Bertz CT molecular complexity index is 1220. The number of ether oxygens (including phenoxy) is 1. The first-order valence-corrected chi connectivity index (χ1v) is 8.88. The minimum Gasteiger partial charge on any atom is -0.497 e. The zero-order valence-electron chi connectivity index (χ0n) is 14.8. The smallest absolute Gasteiger partial charge is 0.273 e. The maximum Gasteiger partial charge on any atom is 0.273 e. The van der Waals surface area contributed by atoms with Crippen molar-refractivity contribution >= 4 is 23.0 Å². The predicted octanol–water partition coefficient (Wildman–Crippen LogP) is 2.24. The molecule has 6 heteroatoms. The van der Waals surface area contributed by atoms with E-state index in [9.17, 15) is 15.3 Å². The van der Waals surface area contributed by atoms with Crippen molar-refractivity contribution in [3.8, 4) is 23.6 Å². The summed E-state index contributed by atoms with van der Waals surface area (Å²) in [7, 11) is 1.56. The van der Waals surface area contributed by atoms with Gasteiger partial charge in [-0.3, -0.25) is 9.36 Å². The summed E-state index contributed by atoms with van der Waals surface area (Å²) in [5.41, 5.74) is 2.20. The minimum atomic E-state index is -0.274. The Morgan fingerprint density at radius 1 is 1.07 bits per heavy atom. The summed E-state index contributed by atoms with van der Waals surface area (Å²) in [5, 5.41) is 18.6. The van der Waals surface area contributed by atoms with Gasteiger partial charge in [0.25, 0.3) is 5.56 Å². The van der Waals surface area contributed by atoms with Gasteiger partial charge in [-0.2, -0.15) is 10.5 Å². The zero-order chi connectivity index (χ0) is 19.4. The van der Waals surface area contributed by atoms with Gasteiger partial charge < -0.3 is 4.74 Å². The van der Waals surface area contributed by atoms with Gasteiger partial charge >= 0.3 is 0 Å². The predicted molar refractivity (Wildman–Crippen MR) is 105 cm³/mol. The fourth-order valence-electron chi connectivity index (χ4n) is 2.55. The molecule has 1 aromatic heterocycles.